The van der Waals surface area contributed by atoms with Crippen LogP contribution in [0, 0.1) is 13.8 Å². The van der Waals surface area contributed by atoms with Gasteiger partial charge in [0.25, 0.3) is 5.22 Å². The third-order valence-corrected chi connectivity index (χ3v) is 4.44. The van der Waals surface area contributed by atoms with Gasteiger partial charge in [-0.25, -0.2) is 4.98 Å². The van der Waals surface area contributed by atoms with Crippen LogP contribution in [0.1, 0.15) is 30.4 Å². The van der Waals surface area contributed by atoms with Crippen molar-refractivity contribution in [2.45, 2.75) is 49.8 Å². The lowest BCUT2D eigenvalue weighted by atomic mass is 10.0. The summed E-state index contributed by atoms with van der Waals surface area (Å²) in [4.78, 5) is 5.50. The van der Waals surface area contributed by atoms with Crippen LogP contribution < -0.4 is 5.73 Å². The van der Waals surface area contributed by atoms with Crippen LogP contribution in [0.4, 0.5) is 0 Å². The maximum absolute atomic E-state index is 6.09. The van der Waals surface area contributed by atoms with Crippen LogP contribution in [0.25, 0.3) is 0 Å². The fraction of sp³-hybridized carbons (Fsp3) is 0.400. The molecule has 0 saturated carbocycles. The monoisotopic (exact) mass is 310 g/mol. The van der Waals surface area contributed by atoms with Crippen molar-refractivity contribution in [3.8, 4) is 0 Å². The van der Waals surface area contributed by atoms with E-state index in [-0.39, 0.29) is 6.04 Å². The molecular weight excluding hydrogens is 292 g/mol. The Balaban J connectivity index is 2.26. The van der Waals surface area contributed by atoms with Gasteiger partial charge in [-0.05, 0) is 62.2 Å². The van der Waals surface area contributed by atoms with E-state index in [1.54, 1.807) is 0 Å². The van der Waals surface area contributed by atoms with E-state index in [0.717, 1.165) is 39.8 Å². The van der Waals surface area contributed by atoms with Gasteiger partial charge in [-0.2, -0.15) is 0 Å². The molecule has 0 saturated heterocycles. The highest BCUT2D eigenvalue weighted by Crippen LogP contribution is 2.33. The molecule has 2 aromatic rings. The first-order valence-corrected chi connectivity index (χ1v) is 7.85. The van der Waals surface area contributed by atoms with Gasteiger partial charge in [0.15, 0.2) is 0 Å². The van der Waals surface area contributed by atoms with Crippen LogP contribution in [0.15, 0.2) is 32.7 Å². The van der Waals surface area contributed by atoms with E-state index in [2.05, 4.69) is 11.9 Å². The van der Waals surface area contributed by atoms with Crippen LogP contribution in [-0.4, -0.2) is 11.0 Å². The van der Waals surface area contributed by atoms with Crippen LogP contribution in [0.5, 0.6) is 0 Å². The van der Waals surface area contributed by atoms with Crippen molar-refractivity contribution < 1.29 is 4.42 Å². The maximum atomic E-state index is 6.09. The number of benzene rings is 1. The molecule has 0 aliphatic heterocycles. The highest BCUT2D eigenvalue weighted by atomic mass is 35.5. The summed E-state index contributed by atoms with van der Waals surface area (Å²) in [6.07, 6.45) is 1.74. The van der Waals surface area contributed by atoms with E-state index in [0.29, 0.717) is 5.22 Å². The number of nitrogens with two attached hydrogens (primary N) is 1. The van der Waals surface area contributed by atoms with E-state index < -0.39 is 0 Å². The Hall–Kier alpha value is -0.970. The molecule has 0 bridgehead atoms. The van der Waals surface area contributed by atoms with Gasteiger partial charge in [-0.3, -0.25) is 0 Å². The molecular formula is C15H19ClN2OS. The third-order valence-electron chi connectivity index (χ3n) is 3.24. The van der Waals surface area contributed by atoms with Gasteiger partial charge in [-0.15, -0.1) is 0 Å². The number of aryl methyl sites for hydroxylation is 2. The first-order valence-electron chi connectivity index (χ1n) is 6.65. The molecule has 0 radical (unpaired) electrons. The minimum Gasteiger partial charge on any atom is -0.436 e. The van der Waals surface area contributed by atoms with E-state index in [9.17, 15) is 0 Å². The number of halogens is 1. The minimum atomic E-state index is 0.140. The van der Waals surface area contributed by atoms with Crippen LogP contribution in [-0.2, 0) is 6.42 Å². The van der Waals surface area contributed by atoms with Crippen molar-refractivity contribution in [1.29, 1.82) is 0 Å². The van der Waals surface area contributed by atoms with E-state index >= 15 is 0 Å². The summed E-state index contributed by atoms with van der Waals surface area (Å²) in [5, 5.41) is 1.39. The molecule has 1 aromatic carbocycles. The average Bonchev–Trinajstić information content (AvgIpc) is 2.71. The zero-order valence-corrected chi connectivity index (χ0v) is 13.5. The second-order valence-corrected chi connectivity index (χ2v) is 6.28. The highest BCUT2D eigenvalue weighted by molar-refractivity contribution is 7.99. The zero-order valence-electron chi connectivity index (χ0n) is 11.9. The second kappa shape index (κ2) is 6.66. The summed E-state index contributed by atoms with van der Waals surface area (Å²) in [6, 6.07) is 6.00. The third kappa shape index (κ3) is 3.78. The summed E-state index contributed by atoms with van der Waals surface area (Å²) in [6.45, 7) is 5.95. The normalized spacial score (nSPS) is 12.7. The van der Waals surface area contributed by atoms with E-state index in [4.69, 9.17) is 21.8 Å². The fourth-order valence-electron chi connectivity index (χ4n) is 1.81. The summed E-state index contributed by atoms with van der Waals surface area (Å²) in [5.41, 5.74) is 8.12. The quantitative estimate of drug-likeness (QED) is 0.890. The van der Waals surface area contributed by atoms with Gasteiger partial charge in [0.05, 0.1) is 5.69 Å². The van der Waals surface area contributed by atoms with Crippen molar-refractivity contribution in [2.75, 3.05) is 0 Å². The predicted octanol–water partition coefficient (Wildman–Crippen LogP) is 4.38. The van der Waals surface area contributed by atoms with Crippen molar-refractivity contribution in [2.24, 2.45) is 5.73 Å². The smallest absolute Gasteiger partial charge is 0.261 e. The molecule has 0 amide bonds. The van der Waals surface area contributed by atoms with Crippen molar-refractivity contribution in [1.82, 2.24) is 4.98 Å². The Morgan fingerprint density at radius 1 is 1.40 bits per heavy atom. The number of hydrogen-bond acceptors (Lipinski definition) is 4. The second-order valence-electron chi connectivity index (χ2n) is 4.85. The molecule has 0 fully saturated rings. The van der Waals surface area contributed by atoms with Gasteiger partial charge in [0.2, 0.25) is 0 Å². The lowest BCUT2D eigenvalue weighted by Crippen LogP contribution is -2.21. The largest absolute Gasteiger partial charge is 0.436 e. The molecule has 20 heavy (non-hydrogen) atoms. The van der Waals surface area contributed by atoms with E-state index in [1.807, 2.05) is 32.0 Å². The Morgan fingerprint density at radius 2 is 2.15 bits per heavy atom. The lowest BCUT2D eigenvalue weighted by Gasteiger charge is -2.12. The standard InChI is InChI=1S/C15H19ClN2OS/c1-4-13(17)8-11-7-12(16)5-6-14(11)20-15-18-9(2)10(3)19-15/h5-7,13H,4,8,17H2,1-3H3. The Labute approximate surface area is 128 Å². The van der Waals surface area contributed by atoms with Crippen LogP contribution in [0.2, 0.25) is 5.02 Å². The topological polar surface area (TPSA) is 52.0 Å². The van der Waals surface area contributed by atoms with Crippen molar-refractivity contribution in [3.05, 3.63) is 40.2 Å². The average molecular weight is 311 g/mol. The Morgan fingerprint density at radius 3 is 2.75 bits per heavy atom. The van der Waals surface area contributed by atoms with E-state index in [1.165, 1.54) is 11.8 Å². The molecule has 1 atom stereocenters. The summed E-state index contributed by atoms with van der Waals surface area (Å²) < 4.78 is 5.62. The van der Waals surface area contributed by atoms with Crippen LogP contribution in [0.3, 0.4) is 0 Å². The number of aromatic nitrogens is 1. The first kappa shape index (κ1) is 15.4. The molecule has 0 aliphatic rings. The Kier molecular flexibility index (Phi) is 5.13. The van der Waals surface area contributed by atoms with Crippen molar-refractivity contribution >= 4 is 23.4 Å². The van der Waals surface area contributed by atoms with Crippen molar-refractivity contribution in [3.63, 3.8) is 0 Å². The minimum absolute atomic E-state index is 0.140. The lowest BCUT2D eigenvalue weighted by molar-refractivity contribution is 0.431. The molecule has 1 unspecified atom stereocenters. The summed E-state index contributed by atoms with van der Waals surface area (Å²) in [7, 11) is 0. The summed E-state index contributed by atoms with van der Waals surface area (Å²) >= 11 is 7.61. The van der Waals surface area contributed by atoms with Gasteiger partial charge < -0.3 is 10.2 Å². The number of nitrogens with zero attached hydrogens (tertiary/aromatic N) is 1. The summed E-state index contributed by atoms with van der Waals surface area (Å²) in [5.74, 6) is 0.855. The number of hydrogen-bond donors (Lipinski definition) is 1. The fourth-order valence-corrected chi connectivity index (χ4v) is 2.96. The maximum Gasteiger partial charge on any atom is 0.261 e. The van der Waals surface area contributed by atoms with Gasteiger partial charge >= 0.3 is 0 Å². The zero-order chi connectivity index (χ0) is 14.7. The number of oxazole rings is 1. The first-order chi connectivity index (χ1) is 9.49. The number of rotatable bonds is 5. The van der Waals surface area contributed by atoms with Gasteiger partial charge in [0, 0.05) is 16.0 Å². The Bertz CT molecular complexity index is 578. The molecule has 5 heteroatoms. The molecule has 3 nitrogen and oxygen atoms in total. The molecule has 0 aliphatic carbocycles. The molecule has 108 valence electrons. The van der Waals surface area contributed by atoms with Gasteiger partial charge in [0.1, 0.15) is 5.76 Å². The van der Waals surface area contributed by atoms with Gasteiger partial charge in [-0.1, -0.05) is 18.5 Å². The molecule has 2 rings (SSSR count). The molecule has 0 spiro atoms. The molecule has 2 N–H and O–H groups in total. The SMILES string of the molecule is CCC(N)Cc1cc(Cl)ccc1Sc1nc(C)c(C)o1. The highest BCUT2D eigenvalue weighted by Gasteiger charge is 2.13. The molecule has 1 aromatic heterocycles. The van der Waals surface area contributed by atoms with Crippen LogP contribution >= 0.6 is 23.4 Å². The molecule has 1 heterocycles. The predicted molar refractivity (Wildman–Crippen MR) is 83.5 cm³/mol.